The van der Waals surface area contributed by atoms with E-state index in [9.17, 15) is 10.1 Å². The average Bonchev–Trinajstić information content (AvgIpc) is 3.67. The predicted molar refractivity (Wildman–Crippen MR) is 172 cm³/mol. The van der Waals surface area contributed by atoms with Gasteiger partial charge < -0.3 is 29.6 Å². The Morgan fingerprint density at radius 1 is 1.24 bits per heavy atom. The van der Waals surface area contributed by atoms with Gasteiger partial charge in [0.1, 0.15) is 23.8 Å². The summed E-state index contributed by atoms with van der Waals surface area (Å²) in [6.07, 6.45) is 5.19. The summed E-state index contributed by atoms with van der Waals surface area (Å²) in [5.74, 6) is -0.0771. The molecule has 0 saturated carbocycles. The number of carbonyl (C=O) groups excluding carboxylic acids is 1. The quantitative estimate of drug-likeness (QED) is 0.204. The van der Waals surface area contributed by atoms with Crippen molar-refractivity contribution in [3.05, 3.63) is 54.6 Å². The number of nitriles is 1. The molecule has 2 N–H and O–H groups in total. The van der Waals surface area contributed by atoms with Gasteiger partial charge in [0, 0.05) is 36.7 Å². The van der Waals surface area contributed by atoms with E-state index in [1.807, 2.05) is 26.0 Å². The minimum atomic E-state index is -0.361. The molecular formula is C34H38FN7O3. The molecule has 0 bridgehead atoms. The maximum atomic E-state index is 15.3. The van der Waals surface area contributed by atoms with Gasteiger partial charge in [-0.15, -0.1) is 0 Å². The number of rotatable bonds is 8. The highest BCUT2D eigenvalue weighted by Crippen LogP contribution is 2.43. The van der Waals surface area contributed by atoms with Crippen LogP contribution in [0.3, 0.4) is 0 Å². The molecule has 11 heteroatoms. The van der Waals surface area contributed by atoms with Crippen molar-refractivity contribution in [1.29, 1.82) is 5.26 Å². The summed E-state index contributed by atoms with van der Waals surface area (Å²) >= 11 is 0. The summed E-state index contributed by atoms with van der Waals surface area (Å²) in [6.45, 7) is 10.2. The number of amides is 1. The monoisotopic (exact) mass is 611 g/mol. The SMILES string of the molecule is C=CC(=O)N1CCN(c2nc(OC[C@@H]3CCCN3C)nc3cc(-c4cc(N)cc(F)c4C(C)C)c4ccoc4c23)C[C@@H]1CC#N. The van der Waals surface area contributed by atoms with Gasteiger partial charge in [0.05, 0.1) is 35.7 Å². The van der Waals surface area contributed by atoms with Crippen LogP contribution >= 0.6 is 0 Å². The fourth-order valence-corrected chi connectivity index (χ4v) is 6.76. The Hall–Kier alpha value is -4.69. The lowest BCUT2D eigenvalue weighted by atomic mass is 9.89. The number of piperazine rings is 1. The van der Waals surface area contributed by atoms with Crippen molar-refractivity contribution in [2.45, 2.75) is 51.1 Å². The number of carbonyl (C=O) groups is 1. The minimum Gasteiger partial charge on any atom is -0.463 e. The zero-order chi connectivity index (χ0) is 31.8. The number of hydrogen-bond donors (Lipinski definition) is 1. The number of aromatic nitrogens is 2. The van der Waals surface area contributed by atoms with Crippen molar-refractivity contribution in [2.75, 3.05) is 50.5 Å². The molecule has 10 nitrogen and oxygen atoms in total. The molecule has 234 valence electrons. The number of halogens is 1. The number of nitrogens with two attached hydrogens (primary N) is 1. The van der Waals surface area contributed by atoms with Gasteiger partial charge in [-0.25, -0.2) is 4.39 Å². The fourth-order valence-electron chi connectivity index (χ4n) is 6.76. The molecule has 2 atom stereocenters. The molecule has 4 aromatic rings. The highest BCUT2D eigenvalue weighted by atomic mass is 19.1. The topological polar surface area (TPSA) is 125 Å². The van der Waals surface area contributed by atoms with Crippen LogP contribution in [0.1, 0.15) is 44.6 Å². The van der Waals surface area contributed by atoms with E-state index in [4.69, 9.17) is 24.9 Å². The third-order valence-electron chi connectivity index (χ3n) is 9.02. The van der Waals surface area contributed by atoms with Crippen molar-refractivity contribution in [2.24, 2.45) is 0 Å². The van der Waals surface area contributed by atoms with Crippen molar-refractivity contribution in [3.8, 4) is 23.2 Å². The molecule has 0 spiro atoms. The van der Waals surface area contributed by atoms with Gasteiger partial charge in [-0.2, -0.15) is 15.2 Å². The van der Waals surface area contributed by atoms with E-state index in [0.717, 1.165) is 30.3 Å². The molecule has 4 heterocycles. The van der Waals surface area contributed by atoms with Crippen LogP contribution in [0.25, 0.3) is 33.0 Å². The van der Waals surface area contributed by atoms with E-state index in [0.29, 0.717) is 65.4 Å². The van der Waals surface area contributed by atoms with E-state index in [1.165, 1.54) is 12.1 Å². The van der Waals surface area contributed by atoms with E-state index < -0.39 is 0 Å². The summed E-state index contributed by atoms with van der Waals surface area (Å²) in [7, 11) is 2.09. The van der Waals surface area contributed by atoms with E-state index in [1.54, 1.807) is 17.2 Å². The molecular weight excluding hydrogens is 573 g/mol. The fraction of sp³-hybridized carbons (Fsp3) is 0.412. The predicted octanol–water partition coefficient (Wildman–Crippen LogP) is 5.48. The summed E-state index contributed by atoms with van der Waals surface area (Å²) in [5, 5.41) is 11.0. The number of nitrogen functional groups attached to an aromatic ring is 1. The van der Waals surface area contributed by atoms with Crippen LogP contribution in [0.15, 0.2) is 47.6 Å². The lowest BCUT2D eigenvalue weighted by Gasteiger charge is -2.41. The second-order valence-electron chi connectivity index (χ2n) is 12.2. The Balaban J connectivity index is 1.53. The molecule has 2 fully saturated rings. The lowest BCUT2D eigenvalue weighted by Crippen LogP contribution is -2.55. The number of hydrogen-bond acceptors (Lipinski definition) is 9. The molecule has 2 aliphatic rings. The Morgan fingerprint density at radius 2 is 2.07 bits per heavy atom. The van der Waals surface area contributed by atoms with Crippen molar-refractivity contribution in [1.82, 2.24) is 19.8 Å². The zero-order valence-electron chi connectivity index (χ0n) is 25.9. The van der Waals surface area contributed by atoms with Gasteiger partial charge in [0.15, 0.2) is 0 Å². The van der Waals surface area contributed by atoms with Crippen molar-refractivity contribution in [3.63, 3.8) is 0 Å². The first kappa shape index (κ1) is 30.3. The second kappa shape index (κ2) is 12.4. The van der Waals surface area contributed by atoms with E-state index in [2.05, 4.69) is 29.5 Å². The Kier molecular flexibility index (Phi) is 8.34. The third-order valence-corrected chi connectivity index (χ3v) is 9.02. The standard InChI is InChI=1S/C34H38FN7O3/c1-5-29(43)42-13-12-41(18-22(42)8-10-36)33-31-28(38-34(39-33)45-19-23-7-6-11-40(23)4)17-25(24-9-14-44-32(24)31)26-15-21(37)16-27(35)30(26)20(2)3/h5,9,14-17,20,22-23H,1,6-8,11-13,18-19,37H2,2-4H3/t22-,23-/m0/s1. The maximum absolute atomic E-state index is 15.3. The molecule has 2 aromatic carbocycles. The van der Waals surface area contributed by atoms with Crippen LogP contribution in [0.5, 0.6) is 6.01 Å². The summed E-state index contributed by atoms with van der Waals surface area (Å²) < 4.78 is 27.7. The first-order valence-corrected chi connectivity index (χ1v) is 15.4. The number of fused-ring (bicyclic) bond motifs is 3. The third kappa shape index (κ3) is 5.66. The second-order valence-corrected chi connectivity index (χ2v) is 12.2. The normalized spacial score (nSPS) is 19.0. The van der Waals surface area contributed by atoms with Gasteiger partial charge in [-0.05, 0) is 79.4 Å². The van der Waals surface area contributed by atoms with Gasteiger partial charge in [-0.3, -0.25) is 4.79 Å². The molecule has 0 radical (unpaired) electrons. The minimum absolute atomic E-state index is 0.104. The zero-order valence-corrected chi connectivity index (χ0v) is 25.9. The van der Waals surface area contributed by atoms with E-state index >= 15 is 4.39 Å². The van der Waals surface area contributed by atoms with Crippen LogP contribution in [-0.2, 0) is 4.79 Å². The van der Waals surface area contributed by atoms with Crippen molar-refractivity contribution < 1.29 is 18.3 Å². The van der Waals surface area contributed by atoms with Gasteiger partial charge >= 0.3 is 6.01 Å². The molecule has 2 saturated heterocycles. The molecule has 1 amide bonds. The smallest absolute Gasteiger partial charge is 0.319 e. The lowest BCUT2D eigenvalue weighted by molar-refractivity contribution is -0.128. The van der Waals surface area contributed by atoms with Crippen LogP contribution < -0.4 is 15.4 Å². The summed E-state index contributed by atoms with van der Waals surface area (Å²) in [6, 6.07) is 9.28. The molecule has 6 rings (SSSR count). The van der Waals surface area contributed by atoms with Gasteiger partial charge in [-0.1, -0.05) is 20.4 Å². The number of anilines is 2. The highest BCUT2D eigenvalue weighted by Gasteiger charge is 2.32. The number of likely N-dealkylation sites (tertiary alicyclic amines) is 1. The van der Waals surface area contributed by atoms with E-state index in [-0.39, 0.29) is 42.2 Å². The van der Waals surface area contributed by atoms with Crippen LogP contribution in [0.2, 0.25) is 0 Å². The molecule has 0 aliphatic carbocycles. The largest absolute Gasteiger partial charge is 0.463 e. The Bertz CT molecular complexity index is 1810. The molecule has 2 aliphatic heterocycles. The molecule has 45 heavy (non-hydrogen) atoms. The van der Waals surface area contributed by atoms with Crippen LogP contribution in [0.4, 0.5) is 15.9 Å². The number of ether oxygens (including phenoxy) is 1. The molecule has 2 aromatic heterocycles. The average molecular weight is 612 g/mol. The van der Waals surface area contributed by atoms with Crippen molar-refractivity contribution >= 4 is 39.3 Å². The molecule has 0 unspecified atom stereocenters. The summed E-state index contributed by atoms with van der Waals surface area (Å²) in [4.78, 5) is 28.4. The van der Waals surface area contributed by atoms with Gasteiger partial charge in [0.2, 0.25) is 5.91 Å². The van der Waals surface area contributed by atoms with Gasteiger partial charge in [0.25, 0.3) is 0 Å². The van der Waals surface area contributed by atoms with Crippen LogP contribution in [-0.4, -0.2) is 77.6 Å². The number of likely N-dealkylation sites (N-methyl/N-ethyl adjacent to an activating group) is 1. The number of furan rings is 1. The highest BCUT2D eigenvalue weighted by molar-refractivity contribution is 6.14. The Labute approximate surface area is 261 Å². The first-order chi connectivity index (χ1) is 21.7. The maximum Gasteiger partial charge on any atom is 0.319 e. The number of nitrogens with zero attached hydrogens (tertiary/aromatic N) is 6. The first-order valence-electron chi connectivity index (χ1n) is 15.4. The Morgan fingerprint density at radius 3 is 2.78 bits per heavy atom. The number of benzene rings is 2. The summed E-state index contributed by atoms with van der Waals surface area (Å²) in [5.41, 5.74) is 9.60. The van der Waals surface area contributed by atoms with Crippen LogP contribution in [0, 0.1) is 17.1 Å².